The lowest BCUT2D eigenvalue weighted by atomic mass is 9.97. The lowest BCUT2D eigenvalue weighted by molar-refractivity contribution is 0.246. The van der Waals surface area contributed by atoms with Crippen LogP contribution in [0.4, 0.5) is 10.5 Å². The van der Waals surface area contributed by atoms with Gasteiger partial charge in [-0.05, 0) is 42.2 Å². The molecule has 2 aromatic rings. The largest absolute Gasteiger partial charge is 0.497 e. The van der Waals surface area contributed by atoms with Gasteiger partial charge in [0.05, 0.1) is 20.3 Å². The van der Waals surface area contributed by atoms with Crippen molar-refractivity contribution in [1.29, 1.82) is 0 Å². The van der Waals surface area contributed by atoms with Crippen LogP contribution in [0.15, 0.2) is 48.5 Å². The van der Waals surface area contributed by atoms with Crippen molar-refractivity contribution >= 4 is 11.7 Å². The zero-order valence-electron chi connectivity index (χ0n) is 15.2. The SMILES string of the molecule is COc1ccc([C@H](CC(C)C)NC(=O)Nc2cccc(OC)c2)cc1. The Hall–Kier alpha value is -2.69. The third kappa shape index (κ3) is 5.71. The van der Waals surface area contributed by atoms with E-state index >= 15 is 0 Å². The van der Waals surface area contributed by atoms with Gasteiger partial charge in [0.2, 0.25) is 0 Å². The first-order valence-electron chi connectivity index (χ1n) is 8.37. The maximum atomic E-state index is 12.4. The number of carbonyl (C=O) groups excluding carboxylic acids is 1. The minimum atomic E-state index is -0.241. The number of benzene rings is 2. The molecule has 0 aliphatic heterocycles. The van der Waals surface area contributed by atoms with E-state index < -0.39 is 0 Å². The van der Waals surface area contributed by atoms with E-state index in [1.54, 1.807) is 20.3 Å². The lowest BCUT2D eigenvalue weighted by Gasteiger charge is -2.22. The Morgan fingerprint density at radius 2 is 1.68 bits per heavy atom. The van der Waals surface area contributed by atoms with Crippen molar-refractivity contribution in [3.8, 4) is 11.5 Å². The van der Waals surface area contributed by atoms with Gasteiger partial charge in [-0.15, -0.1) is 0 Å². The average Bonchev–Trinajstić information content (AvgIpc) is 2.61. The van der Waals surface area contributed by atoms with E-state index in [4.69, 9.17) is 9.47 Å². The van der Waals surface area contributed by atoms with Crippen LogP contribution in [0.3, 0.4) is 0 Å². The topological polar surface area (TPSA) is 59.6 Å². The van der Waals surface area contributed by atoms with Crippen molar-refractivity contribution in [3.63, 3.8) is 0 Å². The van der Waals surface area contributed by atoms with Crippen molar-refractivity contribution in [3.05, 3.63) is 54.1 Å². The molecule has 0 saturated carbocycles. The molecule has 0 radical (unpaired) electrons. The smallest absolute Gasteiger partial charge is 0.319 e. The molecule has 0 aliphatic carbocycles. The molecule has 5 heteroatoms. The average molecular weight is 342 g/mol. The van der Waals surface area contributed by atoms with Crippen LogP contribution in [0.1, 0.15) is 31.9 Å². The highest BCUT2D eigenvalue weighted by molar-refractivity contribution is 5.89. The van der Waals surface area contributed by atoms with Crippen molar-refractivity contribution < 1.29 is 14.3 Å². The first-order valence-corrected chi connectivity index (χ1v) is 8.37. The summed E-state index contributed by atoms with van der Waals surface area (Å²) in [5.74, 6) is 1.95. The summed E-state index contributed by atoms with van der Waals surface area (Å²) >= 11 is 0. The van der Waals surface area contributed by atoms with E-state index in [9.17, 15) is 4.79 Å². The van der Waals surface area contributed by atoms with Gasteiger partial charge >= 0.3 is 6.03 Å². The second-order valence-electron chi connectivity index (χ2n) is 6.29. The van der Waals surface area contributed by atoms with Crippen LogP contribution >= 0.6 is 0 Å². The number of nitrogens with one attached hydrogen (secondary N) is 2. The molecular formula is C20H26N2O3. The van der Waals surface area contributed by atoms with Gasteiger partial charge in [-0.2, -0.15) is 0 Å². The second kappa shape index (κ2) is 8.97. The maximum Gasteiger partial charge on any atom is 0.319 e. The number of carbonyl (C=O) groups is 1. The minimum absolute atomic E-state index is 0.0727. The third-order valence-corrected chi connectivity index (χ3v) is 3.86. The van der Waals surface area contributed by atoms with Gasteiger partial charge in [0, 0.05) is 11.8 Å². The van der Waals surface area contributed by atoms with Gasteiger partial charge in [0.25, 0.3) is 0 Å². The maximum absolute atomic E-state index is 12.4. The van der Waals surface area contributed by atoms with Crippen molar-refractivity contribution in [2.24, 2.45) is 5.92 Å². The molecule has 2 rings (SSSR count). The summed E-state index contributed by atoms with van der Waals surface area (Å²) in [5.41, 5.74) is 1.74. The summed E-state index contributed by atoms with van der Waals surface area (Å²) in [6.07, 6.45) is 0.845. The number of methoxy groups -OCH3 is 2. The molecule has 2 aromatic carbocycles. The molecule has 0 aliphatic rings. The Bertz CT molecular complexity index is 684. The molecule has 2 N–H and O–H groups in total. The van der Waals surface area contributed by atoms with Crippen molar-refractivity contribution in [2.45, 2.75) is 26.3 Å². The monoisotopic (exact) mass is 342 g/mol. The molecule has 25 heavy (non-hydrogen) atoms. The van der Waals surface area contributed by atoms with Crippen LogP contribution in [0, 0.1) is 5.92 Å². The van der Waals surface area contributed by atoms with Crippen molar-refractivity contribution in [2.75, 3.05) is 19.5 Å². The first kappa shape index (κ1) is 18.6. The second-order valence-corrected chi connectivity index (χ2v) is 6.29. The Balaban J connectivity index is 2.08. The first-order chi connectivity index (χ1) is 12.0. The Kier molecular flexibility index (Phi) is 6.69. The summed E-state index contributed by atoms with van der Waals surface area (Å²) in [6.45, 7) is 4.27. The third-order valence-electron chi connectivity index (χ3n) is 3.86. The zero-order valence-corrected chi connectivity index (χ0v) is 15.2. The van der Waals surface area contributed by atoms with Crippen LogP contribution in [-0.4, -0.2) is 20.3 Å². The zero-order chi connectivity index (χ0) is 18.2. The van der Waals surface area contributed by atoms with Crippen molar-refractivity contribution in [1.82, 2.24) is 5.32 Å². The van der Waals surface area contributed by atoms with E-state index in [0.717, 1.165) is 17.7 Å². The number of urea groups is 1. The van der Waals surface area contributed by atoms with E-state index in [1.165, 1.54) is 0 Å². The van der Waals surface area contributed by atoms with Gasteiger partial charge in [-0.1, -0.05) is 32.0 Å². The lowest BCUT2D eigenvalue weighted by Crippen LogP contribution is -2.33. The van der Waals surface area contributed by atoms with Crippen LogP contribution in [0.5, 0.6) is 11.5 Å². The Morgan fingerprint density at radius 1 is 1.00 bits per heavy atom. The van der Waals surface area contributed by atoms with Gasteiger partial charge in [0.1, 0.15) is 11.5 Å². The highest BCUT2D eigenvalue weighted by Gasteiger charge is 2.16. The molecule has 1 atom stereocenters. The predicted molar refractivity (Wildman–Crippen MR) is 100 cm³/mol. The van der Waals surface area contributed by atoms with E-state index in [0.29, 0.717) is 17.4 Å². The number of hydrogen-bond donors (Lipinski definition) is 2. The van der Waals surface area contributed by atoms with Crippen LogP contribution in [0.25, 0.3) is 0 Å². The van der Waals surface area contributed by atoms with E-state index in [-0.39, 0.29) is 12.1 Å². The van der Waals surface area contributed by atoms with E-state index in [2.05, 4.69) is 24.5 Å². The summed E-state index contributed by atoms with van der Waals surface area (Å²) in [6, 6.07) is 14.7. The molecular weight excluding hydrogens is 316 g/mol. The number of amides is 2. The molecule has 2 amide bonds. The molecule has 0 heterocycles. The van der Waals surface area contributed by atoms with Gasteiger partial charge < -0.3 is 20.1 Å². The number of rotatable bonds is 7. The fourth-order valence-corrected chi connectivity index (χ4v) is 2.61. The summed E-state index contributed by atoms with van der Waals surface area (Å²) in [4.78, 5) is 12.4. The molecule has 0 spiro atoms. The van der Waals surface area contributed by atoms with Gasteiger partial charge in [0.15, 0.2) is 0 Å². The Labute approximate surface area is 149 Å². The number of hydrogen-bond acceptors (Lipinski definition) is 3. The Morgan fingerprint density at radius 3 is 2.28 bits per heavy atom. The van der Waals surface area contributed by atoms with Crippen LogP contribution in [0.2, 0.25) is 0 Å². The molecule has 0 aromatic heterocycles. The molecule has 0 bridgehead atoms. The van der Waals surface area contributed by atoms with Gasteiger partial charge in [-0.3, -0.25) is 0 Å². The number of ether oxygens (including phenoxy) is 2. The molecule has 0 unspecified atom stereocenters. The van der Waals surface area contributed by atoms with E-state index in [1.807, 2.05) is 42.5 Å². The fourth-order valence-electron chi connectivity index (χ4n) is 2.61. The quantitative estimate of drug-likeness (QED) is 0.772. The predicted octanol–water partition coefficient (Wildman–Crippen LogP) is 4.61. The van der Waals surface area contributed by atoms with Crippen LogP contribution < -0.4 is 20.1 Å². The fraction of sp³-hybridized carbons (Fsp3) is 0.350. The molecule has 0 saturated heterocycles. The minimum Gasteiger partial charge on any atom is -0.497 e. The summed E-state index contributed by atoms with van der Waals surface area (Å²) in [7, 11) is 3.24. The number of anilines is 1. The summed E-state index contributed by atoms with van der Waals surface area (Å²) < 4.78 is 10.4. The molecule has 0 fully saturated rings. The standard InChI is InChI=1S/C20H26N2O3/c1-14(2)12-19(15-8-10-17(24-3)11-9-15)22-20(23)21-16-6-5-7-18(13-16)25-4/h5-11,13-14,19H,12H2,1-4H3,(H2,21,22,23)/t19-/m0/s1. The van der Waals surface area contributed by atoms with Crippen LogP contribution in [-0.2, 0) is 0 Å². The molecule has 5 nitrogen and oxygen atoms in total. The normalized spacial score (nSPS) is 11.7. The highest BCUT2D eigenvalue weighted by Crippen LogP contribution is 2.24. The van der Waals surface area contributed by atoms with Gasteiger partial charge in [-0.25, -0.2) is 4.79 Å². The molecule has 134 valence electrons. The highest BCUT2D eigenvalue weighted by atomic mass is 16.5. The summed E-state index contributed by atoms with van der Waals surface area (Å²) in [5, 5.41) is 5.91.